The molecule has 2 aromatic rings. The van der Waals surface area contributed by atoms with E-state index in [0.717, 1.165) is 37.4 Å². The summed E-state index contributed by atoms with van der Waals surface area (Å²) in [5.41, 5.74) is 1.66. The fourth-order valence-corrected chi connectivity index (χ4v) is 3.39. The predicted octanol–water partition coefficient (Wildman–Crippen LogP) is 2.82. The molecule has 0 aliphatic carbocycles. The van der Waals surface area contributed by atoms with Gasteiger partial charge in [-0.1, -0.05) is 37.3 Å². The molecule has 1 amide bonds. The van der Waals surface area contributed by atoms with Crippen molar-refractivity contribution in [3.05, 3.63) is 66.0 Å². The van der Waals surface area contributed by atoms with Gasteiger partial charge in [-0.25, -0.2) is 4.39 Å². The largest absolute Gasteiger partial charge is 0.321 e. The number of anilines is 1. The van der Waals surface area contributed by atoms with E-state index < -0.39 is 0 Å². The highest BCUT2D eigenvalue weighted by molar-refractivity contribution is 5.94. The van der Waals surface area contributed by atoms with Crippen LogP contribution in [-0.2, 0) is 4.79 Å². The van der Waals surface area contributed by atoms with Crippen molar-refractivity contribution in [3.8, 4) is 0 Å². The molecule has 24 heavy (non-hydrogen) atoms. The van der Waals surface area contributed by atoms with Gasteiger partial charge >= 0.3 is 0 Å². The lowest BCUT2D eigenvalue weighted by atomic mass is 9.95. The summed E-state index contributed by atoms with van der Waals surface area (Å²) < 4.78 is 13.1. The van der Waals surface area contributed by atoms with Crippen LogP contribution in [0.4, 0.5) is 10.1 Å². The molecular weight excluding hydrogens is 303 g/mol. The first-order valence-electron chi connectivity index (χ1n) is 8.59. The highest BCUT2D eigenvalue weighted by Gasteiger charge is 2.33. The lowest BCUT2D eigenvalue weighted by molar-refractivity contribution is -0.927. The normalized spacial score (nSPS) is 21.9. The summed E-state index contributed by atoms with van der Waals surface area (Å²) in [7, 11) is 0. The minimum atomic E-state index is -0.303. The summed E-state index contributed by atoms with van der Waals surface area (Å²) in [6, 6.07) is 15.6. The Morgan fingerprint density at radius 3 is 2.33 bits per heavy atom. The Morgan fingerprint density at radius 1 is 1.08 bits per heavy atom. The molecule has 0 radical (unpaired) electrons. The van der Waals surface area contributed by atoms with Crippen molar-refractivity contribution >= 4 is 11.6 Å². The van der Waals surface area contributed by atoms with Crippen molar-refractivity contribution in [2.45, 2.75) is 25.8 Å². The second kappa shape index (κ2) is 7.58. The number of hydrogen-bond donors (Lipinski definition) is 2. The zero-order valence-electron chi connectivity index (χ0n) is 14.0. The average molecular weight is 327 g/mol. The topological polar surface area (TPSA) is 33.5 Å². The van der Waals surface area contributed by atoms with Crippen molar-refractivity contribution in [1.82, 2.24) is 0 Å². The summed E-state index contributed by atoms with van der Waals surface area (Å²) in [6.07, 6.45) is 2.28. The number of benzene rings is 2. The molecule has 0 saturated carbocycles. The number of halogens is 1. The zero-order chi connectivity index (χ0) is 16.9. The molecule has 0 aromatic heterocycles. The second-order valence-corrected chi connectivity index (χ2v) is 6.68. The van der Waals surface area contributed by atoms with Crippen molar-refractivity contribution in [2.75, 3.05) is 18.4 Å². The smallest absolute Gasteiger partial charge is 0.287 e. The molecule has 2 aromatic carbocycles. The van der Waals surface area contributed by atoms with Crippen LogP contribution < -0.4 is 10.2 Å². The molecule has 3 rings (SSSR count). The van der Waals surface area contributed by atoms with E-state index >= 15 is 0 Å². The quantitative estimate of drug-likeness (QED) is 0.889. The Balaban J connectivity index is 1.81. The third-order valence-corrected chi connectivity index (χ3v) is 4.83. The summed E-state index contributed by atoms with van der Waals surface area (Å²) in [5, 5.41) is 2.95. The Kier molecular flexibility index (Phi) is 5.26. The fraction of sp³-hybridized carbons (Fsp3) is 0.350. The van der Waals surface area contributed by atoms with Crippen LogP contribution in [0.3, 0.4) is 0 Å². The summed E-state index contributed by atoms with van der Waals surface area (Å²) in [4.78, 5) is 14.3. The Morgan fingerprint density at radius 2 is 1.71 bits per heavy atom. The number of carbonyl (C=O) groups excluding carboxylic acids is 1. The second-order valence-electron chi connectivity index (χ2n) is 6.68. The molecule has 1 heterocycles. The molecule has 3 nitrogen and oxygen atoms in total. The maximum atomic E-state index is 13.1. The monoisotopic (exact) mass is 327 g/mol. The highest BCUT2D eigenvalue weighted by atomic mass is 19.1. The number of hydrogen-bond acceptors (Lipinski definition) is 1. The molecule has 1 aliphatic heterocycles. The van der Waals surface area contributed by atoms with E-state index in [9.17, 15) is 9.18 Å². The van der Waals surface area contributed by atoms with Crippen molar-refractivity contribution < 1.29 is 14.1 Å². The third kappa shape index (κ3) is 4.01. The summed E-state index contributed by atoms with van der Waals surface area (Å²) in [5.74, 6) is 0.394. The lowest BCUT2D eigenvalue weighted by Gasteiger charge is -2.33. The first kappa shape index (κ1) is 16.7. The maximum absolute atomic E-state index is 13.1. The van der Waals surface area contributed by atoms with Crippen LogP contribution in [0.25, 0.3) is 0 Å². The van der Waals surface area contributed by atoms with E-state index in [1.165, 1.54) is 17.0 Å². The minimum Gasteiger partial charge on any atom is -0.321 e. The van der Waals surface area contributed by atoms with Gasteiger partial charge in [0.2, 0.25) is 0 Å². The van der Waals surface area contributed by atoms with Gasteiger partial charge in [0.15, 0.2) is 6.04 Å². The molecule has 1 fully saturated rings. The molecule has 4 heteroatoms. The Hall–Kier alpha value is -2.20. The predicted molar refractivity (Wildman–Crippen MR) is 93.3 cm³/mol. The molecule has 0 spiro atoms. The number of quaternary nitrogens is 1. The number of carbonyl (C=O) groups is 1. The molecule has 1 aliphatic rings. The van der Waals surface area contributed by atoms with Gasteiger partial charge in [0.1, 0.15) is 5.82 Å². The first-order valence-corrected chi connectivity index (χ1v) is 8.59. The van der Waals surface area contributed by atoms with Crippen molar-refractivity contribution in [2.24, 2.45) is 5.92 Å². The fourth-order valence-electron chi connectivity index (χ4n) is 3.39. The SMILES string of the molecule is CC1CC[NH+]([C@@H](C(=O)Nc2ccc(F)cc2)c2ccccc2)CC1. The number of nitrogens with one attached hydrogen (secondary N) is 2. The van der Waals surface area contributed by atoms with Crippen molar-refractivity contribution in [1.29, 1.82) is 0 Å². The van der Waals surface area contributed by atoms with Gasteiger partial charge in [-0.05, 0) is 43.0 Å². The van der Waals surface area contributed by atoms with Crippen LogP contribution in [0.1, 0.15) is 31.4 Å². The van der Waals surface area contributed by atoms with Crippen LogP contribution in [0.2, 0.25) is 0 Å². The molecule has 126 valence electrons. The maximum Gasteiger partial charge on any atom is 0.287 e. The van der Waals surface area contributed by atoms with Gasteiger partial charge in [-0.15, -0.1) is 0 Å². The molecule has 1 saturated heterocycles. The first-order chi connectivity index (χ1) is 11.6. The molecule has 0 unspecified atom stereocenters. The molecular formula is C20H24FN2O+. The van der Waals surface area contributed by atoms with Crippen LogP contribution in [-0.4, -0.2) is 19.0 Å². The molecule has 1 atom stereocenters. The van der Waals surface area contributed by atoms with Crippen molar-refractivity contribution in [3.63, 3.8) is 0 Å². The Bertz CT molecular complexity index is 664. The van der Waals surface area contributed by atoms with E-state index in [1.54, 1.807) is 12.1 Å². The minimum absolute atomic E-state index is 0.0302. The Labute approximate surface area is 142 Å². The van der Waals surface area contributed by atoms with Crippen LogP contribution in [0.15, 0.2) is 54.6 Å². The summed E-state index contributed by atoms with van der Waals surface area (Å²) >= 11 is 0. The summed E-state index contributed by atoms with van der Waals surface area (Å²) in [6.45, 7) is 4.27. The van der Waals surface area contributed by atoms with Gasteiger partial charge in [0.25, 0.3) is 5.91 Å². The van der Waals surface area contributed by atoms with E-state index in [-0.39, 0.29) is 17.8 Å². The van der Waals surface area contributed by atoms with Gasteiger partial charge < -0.3 is 10.2 Å². The van der Waals surface area contributed by atoms with Gasteiger partial charge in [-0.3, -0.25) is 4.79 Å². The number of rotatable bonds is 4. The molecule has 2 N–H and O–H groups in total. The van der Waals surface area contributed by atoms with Gasteiger partial charge in [-0.2, -0.15) is 0 Å². The standard InChI is InChI=1S/C20H23FN2O/c1-15-11-13-23(14-12-15)19(16-5-3-2-4-6-16)20(24)22-18-9-7-17(21)8-10-18/h2-10,15,19H,11-14H2,1H3,(H,22,24)/p+1/t19-/m1/s1. The number of amides is 1. The highest BCUT2D eigenvalue weighted by Crippen LogP contribution is 2.17. The lowest BCUT2D eigenvalue weighted by Crippen LogP contribution is -3.14. The zero-order valence-corrected chi connectivity index (χ0v) is 14.0. The molecule has 0 bridgehead atoms. The van der Waals surface area contributed by atoms with E-state index in [2.05, 4.69) is 12.2 Å². The van der Waals surface area contributed by atoms with Crippen LogP contribution >= 0.6 is 0 Å². The third-order valence-electron chi connectivity index (χ3n) is 4.83. The van der Waals surface area contributed by atoms with Crippen LogP contribution in [0.5, 0.6) is 0 Å². The van der Waals surface area contributed by atoms with E-state index in [4.69, 9.17) is 0 Å². The van der Waals surface area contributed by atoms with Crippen LogP contribution in [0, 0.1) is 11.7 Å². The van der Waals surface area contributed by atoms with E-state index in [1.807, 2.05) is 30.3 Å². The number of likely N-dealkylation sites (tertiary alicyclic amines) is 1. The van der Waals surface area contributed by atoms with Gasteiger partial charge in [0.05, 0.1) is 13.1 Å². The van der Waals surface area contributed by atoms with Gasteiger partial charge in [0, 0.05) is 11.3 Å². The number of piperidine rings is 1. The van der Waals surface area contributed by atoms with E-state index in [0.29, 0.717) is 5.69 Å². The average Bonchev–Trinajstić information content (AvgIpc) is 2.60.